The Bertz CT molecular complexity index is 387. The summed E-state index contributed by atoms with van der Waals surface area (Å²) >= 11 is 0. The number of hydrogen-bond donors (Lipinski definition) is 2. The Hall–Kier alpha value is -1.88. The van der Waals surface area contributed by atoms with E-state index in [4.69, 9.17) is 5.11 Å². The molecule has 0 aliphatic heterocycles. The van der Waals surface area contributed by atoms with E-state index in [1.165, 1.54) is 12.1 Å². The first-order valence-corrected chi connectivity index (χ1v) is 4.40. The number of benzene rings is 1. The molecular formula is C10H11NO4. The molecule has 1 aromatic carbocycles. The van der Waals surface area contributed by atoms with Gasteiger partial charge >= 0.3 is 5.69 Å². The predicted molar refractivity (Wildman–Crippen MR) is 55.5 cm³/mol. The van der Waals surface area contributed by atoms with Gasteiger partial charge in [-0.3, -0.25) is 10.1 Å². The third-order valence-electron chi connectivity index (χ3n) is 1.80. The molecule has 0 saturated heterocycles. The summed E-state index contributed by atoms with van der Waals surface area (Å²) in [6.45, 7) is 0.0384. The highest BCUT2D eigenvalue weighted by molar-refractivity contribution is 5.58. The molecule has 0 bridgehead atoms. The Labute approximate surface area is 86.4 Å². The third kappa shape index (κ3) is 3.07. The van der Waals surface area contributed by atoms with Crippen LogP contribution in [0.1, 0.15) is 12.0 Å². The van der Waals surface area contributed by atoms with Crippen molar-refractivity contribution in [2.24, 2.45) is 0 Å². The molecule has 0 unspecified atom stereocenters. The summed E-state index contributed by atoms with van der Waals surface area (Å²) < 4.78 is 0. The lowest BCUT2D eigenvalue weighted by Crippen LogP contribution is -1.89. The van der Waals surface area contributed by atoms with Crippen molar-refractivity contribution in [3.05, 3.63) is 40.0 Å². The largest absolute Gasteiger partial charge is 0.502 e. The average Bonchev–Trinajstić information content (AvgIpc) is 2.20. The first-order chi connectivity index (χ1) is 7.15. The molecule has 15 heavy (non-hydrogen) atoms. The van der Waals surface area contributed by atoms with Crippen LogP contribution in [0.5, 0.6) is 5.75 Å². The quantitative estimate of drug-likeness (QED) is 0.583. The van der Waals surface area contributed by atoms with Crippen LogP contribution in [0.2, 0.25) is 0 Å². The van der Waals surface area contributed by atoms with E-state index in [2.05, 4.69) is 0 Å². The van der Waals surface area contributed by atoms with Gasteiger partial charge in [-0.2, -0.15) is 0 Å². The van der Waals surface area contributed by atoms with Gasteiger partial charge in [-0.25, -0.2) is 0 Å². The maximum Gasteiger partial charge on any atom is 0.311 e. The summed E-state index contributed by atoms with van der Waals surface area (Å²) in [4.78, 5) is 9.85. The first kappa shape index (κ1) is 11.2. The van der Waals surface area contributed by atoms with Crippen molar-refractivity contribution >= 4 is 11.8 Å². The molecular weight excluding hydrogens is 198 g/mol. The van der Waals surface area contributed by atoms with E-state index >= 15 is 0 Å². The Morgan fingerprint density at radius 1 is 1.47 bits per heavy atom. The highest BCUT2D eigenvalue weighted by Gasteiger charge is 2.12. The van der Waals surface area contributed by atoms with Crippen molar-refractivity contribution in [1.82, 2.24) is 0 Å². The summed E-state index contributed by atoms with van der Waals surface area (Å²) in [6.07, 6.45) is 3.85. The minimum atomic E-state index is -0.640. The van der Waals surface area contributed by atoms with Gasteiger partial charge in [-0.1, -0.05) is 18.2 Å². The molecule has 1 rings (SSSR count). The molecule has 0 fully saturated rings. The van der Waals surface area contributed by atoms with Gasteiger partial charge in [0.2, 0.25) is 0 Å². The fraction of sp³-hybridized carbons (Fsp3) is 0.200. The predicted octanol–water partition coefficient (Wildman–Crippen LogP) is 1.70. The zero-order valence-electron chi connectivity index (χ0n) is 7.96. The normalized spacial score (nSPS) is 10.7. The summed E-state index contributed by atoms with van der Waals surface area (Å²) in [5.41, 5.74) is 0.300. The van der Waals surface area contributed by atoms with Gasteiger partial charge in [-0.05, 0) is 18.1 Å². The zero-order valence-corrected chi connectivity index (χ0v) is 7.96. The zero-order chi connectivity index (χ0) is 11.3. The van der Waals surface area contributed by atoms with Crippen LogP contribution in [-0.4, -0.2) is 21.7 Å². The van der Waals surface area contributed by atoms with Crippen molar-refractivity contribution in [2.45, 2.75) is 6.42 Å². The van der Waals surface area contributed by atoms with Crippen LogP contribution < -0.4 is 0 Å². The van der Waals surface area contributed by atoms with Crippen LogP contribution in [0.4, 0.5) is 5.69 Å². The molecule has 0 aliphatic carbocycles. The van der Waals surface area contributed by atoms with Crippen molar-refractivity contribution in [2.75, 3.05) is 6.61 Å². The molecule has 5 heteroatoms. The second-order valence-electron chi connectivity index (χ2n) is 2.92. The Balaban J connectivity index is 2.92. The van der Waals surface area contributed by atoms with E-state index in [0.717, 1.165) is 0 Å². The van der Waals surface area contributed by atoms with Crippen LogP contribution in [0.3, 0.4) is 0 Å². The number of nitro benzene ring substituents is 1. The molecule has 0 aliphatic rings. The maximum atomic E-state index is 10.5. The number of aromatic hydroxyl groups is 1. The van der Waals surface area contributed by atoms with Crippen LogP contribution in [-0.2, 0) is 0 Å². The average molecular weight is 209 g/mol. The van der Waals surface area contributed by atoms with E-state index < -0.39 is 4.92 Å². The molecule has 0 spiro atoms. The second-order valence-corrected chi connectivity index (χ2v) is 2.92. The number of hydrogen-bond acceptors (Lipinski definition) is 4. The third-order valence-corrected chi connectivity index (χ3v) is 1.80. The second kappa shape index (κ2) is 5.11. The van der Waals surface area contributed by atoms with E-state index in [1.54, 1.807) is 18.2 Å². The Morgan fingerprint density at radius 3 is 2.80 bits per heavy atom. The van der Waals surface area contributed by atoms with Gasteiger partial charge in [0.15, 0.2) is 5.75 Å². The molecule has 0 atom stereocenters. The van der Waals surface area contributed by atoms with Gasteiger partial charge in [0.1, 0.15) is 0 Å². The number of nitrogens with zero attached hydrogens (tertiary/aromatic N) is 1. The molecule has 2 N–H and O–H groups in total. The standard InChI is InChI=1S/C10H11NO4/c12-6-2-1-3-8-4-5-10(13)9(7-8)11(14)15/h1,3-5,7,12-13H,2,6H2. The van der Waals surface area contributed by atoms with Crippen molar-refractivity contribution in [3.63, 3.8) is 0 Å². The Kier molecular flexibility index (Phi) is 3.82. The number of phenolic OH excluding ortho intramolecular Hbond substituents is 1. The van der Waals surface area contributed by atoms with E-state index in [9.17, 15) is 15.2 Å². The molecule has 5 nitrogen and oxygen atoms in total. The van der Waals surface area contributed by atoms with Crippen LogP contribution in [0.15, 0.2) is 24.3 Å². The summed E-state index contributed by atoms with van der Waals surface area (Å²) in [7, 11) is 0. The molecule has 0 saturated carbocycles. The van der Waals surface area contributed by atoms with Crippen molar-refractivity contribution in [3.8, 4) is 5.75 Å². The van der Waals surface area contributed by atoms with Gasteiger partial charge in [-0.15, -0.1) is 0 Å². The molecule has 1 aromatic rings. The first-order valence-electron chi connectivity index (χ1n) is 4.40. The van der Waals surface area contributed by atoms with E-state index in [0.29, 0.717) is 12.0 Å². The minimum absolute atomic E-state index is 0.0384. The molecule has 0 radical (unpaired) electrons. The summed E-state index contributed by atoms with van der Waals surface area (Å²) in [6, 6.07) is 4.12. The highest BCUT2D eigenvalue weighted by atomic mass is 16.6. The number of nitro groups is 1. The molecule has 0 heterocycles. The molecule has 0 aromatic heterocycles. The van der Waals surface area contributed by atoms with E-state index in [-0.39, 0.29) is 18.0 Å². The lowest BCUT2D eigenvalue weighted by atomic mass is 10.1. The molecule has 80 valence electrons. The minimum Gasteiger partial charge on any atom is -0.502 e. The lowest BCUT2D eigenvalue weighted by molar-refractivity contribution is -0.385. The van der Waals surface area contributed by atoms with Crippen LogP contribution >= 0.6 is 0 Å². The number of rotatable bonds is 4. The van der Waals surface area contributed by atoms with Crippen LogP contribution in [0.25, 0.3) is 6.08 Å². The monoisotopic (exact) mass is 209 g/mol. The van der Waals surface area contributed by atoms with Crippen molar-refractivity contribution in [1.29, 1.82) is 0 Å². The van der Waals surface area contributed by atoms with Gasteiger partial charge in [0, 0.05) is 12.7 Å². The fourth-order valence-corrected chi connectivity index (χ4v) is 1.08. The summed E-state index contributed by atoms with van der Waals surface area (Å²) in [5.74, 6) is -0.348. The van der Waals surface area contributed by atoms with Gasteiger partial charge < -0.3 is 10.2 Å². The van der Waals surface area contributed by atoms with E-state index in [1.807, 2.05) is 0 Å². The highest BCUT2D eigenvalue weighted by Crippen LogP contribution is 2.26. The molecule has 0 amide bonds. The topological polar surface area (TPSA) is 83.6 Å². The van der Waals surface area contributed by atoms with Crippen molar-refractivity contribution < 1.29 is 15.1 Å². The lowest BCUT2D eigenvalue weighted by Gasteiger charge is -1.97. The number of phenols is 1. The Morgan fingerprint density at radius 2 is 2.20 bits per heavy atom. The smallest absolute Gasteiger partial charge is 0.311 e. The number of aliphatic hydroxyl groups excluding tert-OH is 1. The fourth-order valence-electron chi connectivity index (χ4n) is 1.08. The SMILES string of the molecule is O=[N+]([O-])c1cc(C=CCCO)ccc1O. The number of aliphatic hydroxyl groups is 1. The maximum absolute atomic E-state index is 10.5. The van der Waals surface area contributed by atoms with Gasteiger partial charge in [0.05, 0.1) is 4.92 Å². The summed E-state index contributed by atoms with van der Waals surface area (Å²) in [5, 5.41) is 28.2. The van der Waals surface area contributed by atoms with Crippen LogP contribution in [0, 0.1) is 10.1 Å². The van der Waals surface area contributed by atoms with Gasteiger partial charge in [0.25, 0.3) is 0 Å².